The van der Waals surface area contributed by atoms with Gasteiger partial charge in [0.1, 0.15) is 5.82 Å². The maximum absolute atomic E-state index is 12.8. The molecule has 0 spiro atoms. The summed E-state index contributed by atoms with van der Waals surface area (Å²) in [5, 5.41) is 7.92. The van der Waals surface area contributed by atoms with Crippen molar-refractivity contribution in [3.63, 3.8) is 0 Å². The van der Waals surface area contributed by atoms with Crippen molar-refractivity contribution in [1.29, 1.82) is 0 Å². The summed E-state index contributed by atoms with van der Waals surface area (Å²) < 4.78 is 1.58. The standard InChI is InChI=1S/C16H25N9O/c1-22(2)14-11-5-7-24(9-12(11)18-16(19-14)23(3)4)15(26)13-10-25(8-6-17)21-20-13/h10H,5-9,17H2,1-4H3. The Balaban J connectivity index is 1.87. The van der Waals surface area contributed by atoms with E-state index in [0.717, 1.165) is 17.1 Å². The fraction of sp³-hybridized carbons (Fsp3) is 0.562. The first-order chi connectivity index (χ1) is 12.4. The first-order valence-corrected chi connectivity index (χ1v) is 8.54. The summed E-state index contributed by atoms with van der Waals surface area (Å²) in [7, 11) is 7.75. The van der Waals surface area contributed by atoms with Crippen LogP contribution in [0.1, 0.15) is 21.7 Å². The Morgan fingerprint density at radius 2 is 2.00 bits per heavy atom. The zero-order chi connectivity index (χ0) is 18.8. The van der Waals surface area contributed by atoms with Crippen molar-refractivity contribution in [1.82, 2.24) is 29.9 Å². The molecule has 0 atom stereocenters. The van der Waals surface area contributed by atoms with Gasteiger partial charge in [0.2, 0.25) is 5.95 Å². The molecular formula is C16H25N9O. The normalized spacial score (nSPS) is 13.5. The van der Waals surface area contributed by atoms with Crippen molar-refractivity contribution in [2.24, 2.45) is 5.73 Å². The molecule has 10 nitrogen and oxygen atoms in total. The quantitative estimate of drug-likeness (QED) is 0.751. The van der Waals surface area contributed by atoms with E-state index in [1.165, 1.54) is 0 Å². The Bertz CT molecular complexity index is 799. The van der Waals surface area contributed by atoms with Gasteiger partial charge in [0, 0.05) is 46.8 Å². The Kier molecular flexibility index (Phi) is 5.03. The number of anilines is 2. The van der Waals surface area contributed by atoms with Crippen LogP contribution in [-0.2, 0) is 19.5 Å². The monoisotopic (exact) mass is 359 g/mol. The van der Waals surface area contributed by atoms with E-state index >= 15 is 0 Å². The molecule has 0 saturated heterocycles. The molecule has 2 aromatic rings. The number of carbonyl (C=O) groups is 1. The number of aromatic nitrogens is 5. The molecule has 140 valence electrons. The van der Waals surface area contributed by atoms with Crippen molar-refractivity contribution in [2.45, 2.75) is 19.5 Å². The molecular weight excluding hydrogens is 334 g/mol. The first-order valence-electron chi connectivity index (χ1n) is 8.54. The molecule has 0 aromatic carbocycles. The highest BCUT2D eigenvalue weighted by atomic mass is 16.2. The maximum Gasteiger partial charge on any atom is 0.276 e. The van der Waals surface area contributed by atoms with Gasteiger partial charge in [-0.25, -0.2) is 4.98 Å². The van der Waals surface area contributed by atoms with Gasteiger partial charge in [0.15, 0.2) is 5.69 Å². The van der Waals surface area contributed by atoms with Crippen LogP contribution in [0.4, 0.5) is 11.8 Å². The van der Waals surface area contributed by atoms with Crippen LogP contribution in [0, 0.1) is 0 Å². The van der Waals surface area contributed by atoms with E-state index in [0.29, 0.717) is 44.2 Å². The van der Waals surface area contributed by atoms with Gasteiger partial charge in [-0.3, -0.25) is 9.48 Å². The molecule has 0 bridgehead atoms. The Morgan fingerprint density at radius 3 is 2.65 bits per heavy atom. The molecule has 0 saturated carbocycles. The largest absolute Gasteiger partial charge is 0.362 e. The minimum absolute atomic E-state index is 0.143. The van der Waals surface area contributed by atoms with E-state index in [1.807, 2.05) is 38.0 Å². The van der Waals surface area contributed by atoms with Crippen molar-refractivity contribution in [2.75, 3.05) is 51.1 Å². The van der Waals surface area contributed by atoms with Crippen molar-refractivity contribution < 1.29 is 4.79 Å². The van der Waals surface area contributed by atoms with Crippen LogP contribution >= 0.6 is 0 Å². The second-order valence-electron chi connectivity index (χ2n) is 6.69. The van der Waals surface area contributed by atoms with Crippen LogP contribution in [-0.4, -0.2) is 77.0 Å². The molecule has 10 heteroatoms. The van der Waals surface area contributed by atoms with E-state index < -0.39 is 0 Å². The van der Waals surface area contributed by atoms with Gasteiger partial charge in [0.25, 0.3) is 5.91 Å². The van der Waals surface area contributed by atoms with E-state index in [9.17, 15) is 4.79 Å². The van der Waals surface area contributed by atoms with Gasteiger partial charge in [-0.2, -0.15) is 4.98 Å². The maximum atomic E-state index is 12.8. The van der Waals surface area contributed by atoms with E-state index in [2.05, 4.69) is 20.3 Å². The minimum Gasteiger partial charge on any atom is -0.362 e. The van der Waals surface area contributed by atoms with E-state index in [4.69, 9.17) is 5.73 Å². The molecule has 2 aromatic heterocycles. The van der Waals surface area contributed by atoms with Crippen LogP contribution in [0.25, 0.3) is 0 Å². The average molecular weight is 359 g/mol. The summed E-state index contributed by atoms with van der Waals surface area (Å²) in [6, 6.07) is 0. The van der Waals surface area contributed by atoms with Gasteiger partial charge in [-0.1, -0.05) is 5.21 Å². The summed E-state index contributed by atoms with van der Waals surface area (Å²) in [6.45, 7) is 2.02. The molecule has 3 heterocycles. The number of fused-ring (bicyclic) bond motifs is 1. The van der Waals surface area contributed by atoms with E-state index in [1.54, 1.807) is 15.8 Å². The SMILES string of the molecule is CN(C)c1nc2c(c(N(C)C)n1)CCN(C(=O)c1cn(CCN)nn1)C2. The number of rotatable bonds is 5. The third-order valence-electron chi connectivity index (χ3n) is 4.26. The molecule has 0 radical (unpaired) electrons. The van der Waals surface area contributed by atoms with Crippen LogP contribution in [0.2, 0.25) is 0 Å². The topological polar surface area (TPSA) is 109 Å². The average Bonchev–Trinajstić information content (AvgIpc) is 3.08. The third-order valence-corrected chi connectivity index (χ3v) is 4.26. The Morgan fingerprint density at radius 1 is 1.23 bits per heavy atom. The second-order valence-corrected chi connectivity index (χ2v) is 6.69. The van der Waals surface area contributed by atoms with Gasteiger partial charge < -0.3 is 20.4 Å². The van der Waals surface area contributed by atoms with Gasteiger partial charge in [-0.05, 0) is 6.42 Å². The Labute approximate surface area is 152 Å². The lowest BCUT2D eigenvalue weighted by molar-refractivity contribution is 0.0725. The number of carbonyl (C=O) groups excluding carboxylic acids is 1. The van der Waals surface area contributed by atoms with Crippen LogP contribution < -0.4 is 15.5 Å². The number of nitrogens with two attached hydrogens (primary N) is 1. The predicted molar refractivity (Wildman–Crippen MR) is 98.2 cm³/mol. The lowest BCUT2D eigenvalue weighted by Crippen LogP contribution is -2.38. The number of nitrogens with zero attached hydrogens (tertiary/aromatic N) is 8. The lowest BCUT2D eigenvalue weighted by atomic mass is 10.0. The molecule has 3 rings (SSSR count). The zero-order valence-electron chi connectivity index (χ0n) is 15.7. The zero-order valence-corrected chi connectivity index (χ0v) is 15.7. The smallest absolute Gasteiger partial charge is 0.276 e. The minimum atomic E-state index is -0.143. The molecule has 26 heavy (non-hydrogen) atoms. The molecule has 0 unspecified atom stereocenters. The predicted octanol–water partition coefficient (Wildman–Crippen LogP) is -0.643. The van der Waals surface area contributed by atoms with Gasteiger partial charge >= 0.3 is 0 Å². The summed E-state index contributed by atoms with van der Waals surface area (Å²) in [5.41, 5.74) is 7.81. The summed E-state index contributed by atoms with van der Waals surface area (Å²) in [5.74, 6) is 1.39. The molecule has 2 N–H and O–H groups in total. The van der Waals surface area contributed by atoms with E-state index in [-0.39, 0.29) is 5.91 Å². The molecule has 0 fully saturated rings. The van der Waals surface area contributed by atoms with Crippen molar-refractivity contribution in [3.05, 3.63) is 23.1 Å². The molecule has 1 aliphatic heterocycles. The number of hydrogen-bond acceptors (Lipinski definition) is 8. The van der Waals surface area contributed by atoms with Crippen LogP contribution in [0.15, 0.2) is 6.20 Å². The lowest BCUT2D eigenvalue weighted by Gasteiger charge is -2.30. The summed E-state index contributed by atoms with van der Waals surface area (Å²) in [4.78, 5) is 27.7. The number of hydrogen-bond donors (Lipinski definition) is 1. The third kappa shape index (κ3) is 3.45. The highest BCUT2D eigenvalue weighted by Crippen LogP contribution is 2.27. The Hall–Kier alpha value is -2.75. The highest BCUT2D eigenvalue weighted by molar-refractivity contribution is 5.92. The second kappa shape index (κ2) is 7.24. The molecule has 1 aliphatic rings. The van der Waals surface area contributed by atoms with Gasteiger partial charge in [0.05, 0.1) is 25.0 Å². The molecule has 1 amide bonds. The van der Waals surface area contributed by atoms with Crippen molar-refractivity contribution in [3.8, 4) is 0 Å². The number of amides is 1. The first kappa shape index (κ1) is 18.1. The molecule has 0 aliphatic carbocycles. The fourth-order valence-corrected chi connectivity index (χ4v) is 2.94. The fourth-order valence-electron chi connectivity index (χ4n) is 2.94. The van der Waals surface area contributed by atoms with Crippen molar-refractivity contribution >= 4 is 17.7 Å². The summed E-state index contributed by atoms with van der Waals surface area (Å²) in [6.07, 6.45) is 2.35. The van der Waals surface area contributed by atoms with Crippen LogP contribution in [0.3, 0.4) is 0 Å². The summed E-state index contributed by atoms with van der Waals surface area (Å²) >= 11 is 0. The van der Waals surface area contributed by atoms with Gasteiger partial charge in [-0.15, -0.1) is 5.10 Å². The highest BCUT2D eigenvalue weighted by Gasteiger charge is 2.28. The van der Waals surface area contributed by atoms with Crippen LogP contribution in [0.5, 0.6) is 0 Å².